The summed E-state index contributed by atoms with van der Waals surface area (Å²) in [6.07, 6.45) is -4.89. The summed E-state index contributed by atoms with van der Waals surface area (Å²) in [7, 11) is 0. The van der Waals surface area contributed by atoms with Crippen LogP contribution in [0.1, 0.15) is 26.3 Å². The molecule has 0 aliphatic carbocycles. The second-order valence-electron chi connectivity index (χ2n) is 2.87. The number of aldehydes is 1. The Hall–Kier alpha value is -1.92. The monoisotopic (exact) mass is 235 g/mol. The number of carbonyl (C=O) groups is 2. The fourth-order valence-electron chi connectivity index (χ4n) is 1.16. The van der Waals surface area contributed by atoms with Crippen molar-refractivity contribution in [3.63, 3.8) is 0 Å². The van der Waals surface area contributed by atoms with Gasteiger partial charge in [0.15, 0.2) is 6.29 Å². The molecule has 0 aliphatic rings. The Kier molecular flexibility index (Phi) is 2.97. The number of amides is 1. The lowest BCUT2D eigenvalue weighted by molar-refractivity contribution is -0.140. The second kappa shape index (κ2) is 3.92. The molecule has 0 radical (unpaired) electrons. The number of hydrogen-bond acceptors (Lipinski definition) is 2. The van der Waals surface area contributed by atoms with Gasteiger partial charge >= 0.3 is 6.18 Å². The average molecular weight is 235 g/mol. The third-order valence-corrected chi connectivity index (χ3v) is 1.85. The first kappa shape index (κ1) is 12.2. The van der Waals surface area contributed by atoms with Gasteiger partial charge < -0.3 is 5.73 Å². The Morgan fingerprint density at radius 1 is 1.31 bits per heavy atom. The highest BCUT2D eigenvalue weighted by molar-refractivity contribution is 6.01. The van der Waals surface area contributed by atoms with Gasteiger partial charge in [-0.05, 0) is 6.07 Å². The second-order valence-corrected chi connectivity index (χ2v) is 2.87. The van der Waals surface area contributed by atoms with E-state index in [1.807, 2.05) is 0 Å². The summed E-state index contributed by atoms with van der Waals surface area (Å²) in [5.41, 5.74) is 1.50. The van der Waals surface area contributed by atoms with Crippen molar-refractivity contribution in [3.8, 4) is 0 Å². The zero-order chi connectivity index (χ0) is 12.5. The molecule has 1 rings (SSSR count). The molecule has 1 aromatic carbocycles. The summed E-state index contributed by atoms with van der Waals surface area (Å²) >= 11 is 0. The molecule has 7 heteroatoms. The first-order chi connectivity index (χ1) is 7.29. The lowest BCUT2D eigenvalue weighted by atomic mass is 10.0. The van der Waals surface area contributed by atoms with Gasteiger partial charge in [0.1, 0.15) is 5.82 Å². The van der Waals surface area contributed by atoms with Crippen LogP contribution in [-0.4, -0.2) is 12.2 Å². The van der Waals surface area contributed by atoms with E-state index in [4.69, 9.17) is 5.73 Å². The number of rotatable bonds is 2. The number of benzene rings is 1. The average Bonchev–Trinajstić information content (AvgIpc) is 2.14. The van der Waals surface area contributed by atoms with Crippen LogP contribution in [0.3, 0.4) is 0 Å². The van der Waals surface area contributed by atoms with Crippen LogP contribution in [0.15, 0.2) is 12.1 Å². The zero-order valence-corrected chi connectivity index (χ0v) is 7.64. The normalized spacial score (nSPS) is 11.2. The van der Waals surface area contributed by atoms with E-state index in [1.54, 1.807) is 0 Å². The van der Waals surface area contributed by atoms with E-state index in [9.17, 15) is 27.2 Å². The lowest BCUT2D eigenvalue weighted by Crippen LogP contribution is -2.19. The molecule has 3 nitrogen and oxygen atoms in total. The van der Waals surface area contributed by atoms with Gasteiger partial charge in [0, 0.05) is 5.56 Å². The molecule has 0 saturated carbocycles. The van der Waals surface area contributed by atoms with Gasteiger partial charge in [-0.3, -0.25) is 9.59 Å². The molecule has 0 saturated heterocycles. The molecule has 1 aromatic rings. The molecule has 0 aromatic heterocycles. The number of nitrogens with two attached hydrogens (primary N) is 1. The minimum absolute atomic E-state index is 0.0589. The zero-order valence-electron chi connectivity index (χ0n) is 7.64. The molecular weight excluding hydrogens is 230 g/mol. The first-order valence-corrected chi connectivity index (χ1v) is 3.93. The van der Waals surface area contributed by atoms with Crippen LogP contribution in [0.25, 0.3) is 0 Å². The van der Waals surface area contributed by atoms with Gasteiger partial charge in [-0.15, -0.1) is 0 Å². The van der Waals surface area contributed by atoms with E-state index in [2.05, 4.69) is 0 Å². The third-order valence-electron chi connectivity index (χ3n) is 1.85. The van der Waals surface area contributed by atoms with Crippen molar-refractivity contribution in [1.82, 2.24) is 0 Å². The maximum Gasteiger partial charge on any atom is 0.419 e. The highest BCUT2D eigenvalue weighted by Gasteiger charge is 2.36. The maximum atomic E-state index is 13.3. The first-order valence-electron chi connectivity index (χ1n) is 3.93. The predicted octanol–water partition coefficient (Wildman–Crippen LogP) is 1.76. The van der Waals surface area contributed by atoms with Crippen LogP contribution in [0, 0.1) is 5.82 Å². The Bertz CT molecular complexity index is 454. The molecule has 0 aliphatic heterocycles. The summed E-state index contributed by atoms with van der Waals surface area (Å²) in [4.78, 5) is 21.1. The highest BCUT2D eigenvalue weighted by atomic mass is 19.4. The fraction of sp³-hybridized carbons (Fsp3) is 0.111. The number of alkyl halides is 3. The van der Waals surface area contributed by atoms with Crippen molar-refractivity contribution in [2.24, 2.45) is 5.73 Å². The summed E-state index contributed by atoms with van der Waals surface area (Å²) in [6.45, 7) is 0. The van der Waals surface area contributed by atoms with Crippen molar-refractivity contribution in [3.05, 3.63) is 34.6 Å². The summed E-state index contributed by atoms with van der Waals surface area (Å²) in [5, 5.41) is 0. The minimum atomic E-state index is -4.95. The van der Waals surface area contributed by atoms with Crippen LogP contribution in [0.2, 0.25) is 0 Å². The molecule has 0 spiro atoms. The molecule has 1 amide bonds. The quantitative estimate of drug-likeness (QED) is 0.627. The van der Waals surface area contributed by atoms with Gasteiger partial charge in [0.2, 0.25) is 0 Å². The van der Waals surface area contributed by atoms with Gasteiger partial charge in [-0.25, -0.2) is 4.39 Å². The van der Waals surface area contributed by atoms with Crippen molar-refractivity contribution < 1.29 is 27.2 Å². The van der Waals surface area contributed by atoms with Crippen molar-refractivity contribution in [2.75, 3.05) is 0 Å². The predicted molar refractivity (Wildman–Crippen MR) is 45.3 cm³/mol. The Morgan fingerprint density at radius 2 is 1.88 bits per heavy atom. The molecule has 0 bridgehead atoms. The van der Waals surface area contributed by atoms with E-state index in [0.717, 1.165) is 0 Å². The molecule has 0 fully saturated rings. The topological polar surface area (TPSA) is 60.2 Å². The molecule has 16 heavy (non-hydrogen) atoms. The largest absolute Gasteiger partial charge is 0.419 e. The molecule has 2 N–H and O–H groups in total. The van der Waals surface area contributed by atoms with Crippen molar-refractivity contribution in [2.45, 2.75) is 6.18 Å². The molecule has 0 atom stereocenters. The van der Waals surface area contributed by atoms with Crippen LogP contribution >= 0.6 is 0 Å². The van der Waals surface area contributed by atoms with Gasteiger partial charge in [-0.1, -0.05) is 6.07 Å². The Morgan fingerprint density at radius 3 is 2.25 bits per heavy atom. The molecular formula is C9H5F4NO2. The SMILES string of the molecule is NC(=O)c1c(C=O)ccc(C(F)(F)F)c1F. The fourth-order valence-corrected chi connectivity index (χ4v) is 1.16. The number of hydrogen-bond donors (Lipinski definition) is 1. The molecule has 86 valence electrons. The van der Waals surface area contributed by atoms with Gasteiger partial charge in [0.25, 0.3) is 5.91 Å². The van der Waals surface area contributed by atoms with Crippen LogP contribution in [-0.2, 0) is 6.18 Å². The number of primary amides is 1. The van der Waals surface area contributed by atoms with Crippen LogP contribution in [0.4, 0.5) is 17.6 Å². The lowest BCUT2D eigenvalue weighted by Gasteiger charge is -2.10. The Labute approximate surface area is 86.9 Å². The summed E-state index contributed by atoms with van der Waals surface area (Å²) in [5.74, 6) is -3.25. The molecule has 0 unspecified atom stereocenters. The standard InChI is InChI=1S/C9H5F4NO2/c10-7-5(9(11,12)13)2-1-4(3-15)6(7)8(14)16/h1-3H,(H2,14,16). The van der Waals surface area contributed by atoms with Crippen molar-refractivity contribution >= 4 is 12.2 Å². The van der Waals surface area contributed by atoms with Crippen molar-refractivity contribution in [1.29, 1.82) is 0 Å². The van der Waals surface area contributed by atoms with E-state index >= 15 is 0 Å². The van der Waals surface area contributed by atoms with Gasteiger partial charge in [-0.2, -0.15) is 13.2 Å². The van der Waals surface area contributed by atoms with Gasteiger partial charge in [0.05, 0.1) is 11.1 Å². The van der Waals surface area contributed by atoms with E-state index in [1.165, 1.54) is 0 Å². The minimum Gasteiger partial charge on any atom is -0.365 e. The van der Waals surface area contributed by atoms with E-state index in [-0.39, 0.29) is 6.29 Å². The maximum absolute atomic E-state index is 13.3. The third kappa shape index (κ3) is 2.02. The molecule has 0 heterocycles. The number of carbonyl (C=O) groups excluding carboxylic acids is 2. The van der Waals surface area contributed by atoms with Crippen LogP contribution in [0.5, 0.6) is 0 Å². The Balaban J connectivity index is 3.56. The van der Waals surface area contributed by atoms with Crippen LogP contribution < -0.4 is 5.73 Å². The smallest absolute Gasteiger partial charge is 0.365 e. The highest BCUT2D eigenvalue weighted by Crippen LogP contribution is 2.33. The summed E-state index contributed by atoms with van der Waals surface area (Å²) < 4.78 is 50.0. The summed E-state index contributed by atoms with van der Waals surface area (Å²) in [6, 6.07) is 1.07. The van der Waals surface area contributed by atoms with E-state index < -0.39 is 34.6 Å². The van der Waals surface area contributed by atoms with E-state index in [0.29, 0.717) is 12.1 Å². The number of halogens is 4.